The Morgan fingerprint density at radius 3 is 2.88 bits per heavy atom. The van der Waals surface area contributed by atoms with Crippen LogP contribution in [0.5, 0.6) is 0 Å². The van der Waals surface area contributed by atoms with Gasteiger partial charge in [0.2, 0.25) is 11.6 Å². The van der Waals surface area contributed by atoms with Crippen LogP contribution in [0.4, 0.5) is 17.3 Å². The number of benzene rings is 1. The zero-order valence-electron chi connectivity index (χ0n) is 13.3. The number of hydrogen-bond donors (Lipinski definition) is 2. The summed E-state index contributed by atoms with van der Waals surface area (Å²) in [5.74, 6) is 0.0773. The number of nitro groups is 1. The van der Waals surface area contributed by atoms with E-state index in [-0.39, 0.29) is 23.4 Å². The Bertz CT molecular complexity index is 709. The van der Waals surface area contributed by atoms with E-state index in [0.29, 0.717) is 0 Å². The zero-order valence-corrected chi connectivity index (χ0v) is 13.3. The number of nitrogens with zero attached hydrogens (tertiary/aromatic N) is 4. The van der Waals surface area contributed by atoms with Gasteiger partial charge in [-0.1, -0.05) is 30.3 Å². The molecule has 126 valence electrons. The standard InChI is InChI=1S/C16H20N6O2/c17-15-14(22(23)24)16(19-11-18-15)20-13-7-4-8-21(10-13)9-12-5-2-1-3-6-12/h1-3,5-6,11,13H,4,7-10H2,(H3,17,18,19,20). The molecule has 0 radical (unpaired) electrons. The van der Waals surface area contributed by atoms with Gasteiger partial charge < -0.3 is 11.1 Å². The van der Waals surface area contributed by atoms with Crippen molar-refractivity contribution >= 4 is 17.3 Å². The monoisotopic (exact) mass is 328 g/mol. The van der Waals surface area contributed by atoms with E-state index in [1.54, 1.807) is 0 Å². The molecule has 8 heteroatoms. The van der Waals surface area contributed by atoms with Crippen molar-refractivity contribution in [2.45, 2.75) is 25.4 Å². The van der Waals surface area contributed by atoms with Crippen molar-refractivity contribution in [3.63, 3.8) is 0 Å². The second-order valence-electron chi connectivity index (χ2n) is 5.92. The quantitative estimate of drug-likeness (QED) is 0.638. The smallest absolute Gasteiger partial charge is 0.352 e. The average Bonchev–Trinajstić information content (AvgIpc) is 2.56. The van der Waals surface area contributed by atoms with E-state index in [1.807, 2.05) is 18.2 Å². The molecule has 2 heterocycles. The van der Waals surface area contributed by atoms with Crippen molar-refractivity contribution in [3.8, 4) is 0 Å². The molecule has 1 aliphatic heterocycles. The van der Waals surface area contributed by atoms with Crippen LogP contribution in [0.1, 0.15) is 18.4 Å². The molecule has 1 saturated heterocycles. The lowest BCUT2D eigenvalue weighted by atomic mass is 10.0. The van der Waals surface area contributed by atoms with E-state index in [1.165, 1.54) is 11.9 Å². The number of nitrogens with two attached hydrogens (primary N) is 1. The van der Waals surface area contributed by atoms with E-state index in [0.717, 1.165) is 32.5 Å². The molecule has 0 bridgehead atoms. The average molecular weight is 328 g/mol. The summed E-state index contributed by atoms with van der Waals surface area (Å²) in [4.78, 5) is 20.7. The molecule has 3 rings (SSSR count). The van der Waals surface area contributed by atoms with Crippen LogP contribution in [-0.2, 0) is 6.54 Å². The molecule has 2 aromatic rings. The van der Waals surface area contributed by atoms with Gasteiger partial charge in [0.15, 0.2) is 0 Å². The van der Waals surface area contributed by atoms with E-state index < -0.39 is 4.92 Å². The summed E-state index contributed by atoms with van der Waals surface area (Å²) in [5, 5.41) is 14.4. The molecule has 0 spiro atoms. The topological polar surface area (TPSA) is 110 Å². The Hall–Kier alpha value is -2.74. The maximum Gasteiger partial charge on any atom is 0.352 e. The second-order valence-corrected chi connectivity index (χ2v) is 5.92. The van der Waals surface area contributed by atoms with Gasteiger partial charge in [-0.3, -0.25) is 15.0 Å². The molecule has 1 aliphatic rings. The highest BCUT2D eigenvalue weighted by molar-refractivity contribution is 5.67. The number of nitrogens with one attached hydrogen (secondary N) is 1. The van der Waals surface area contributed by atoms with Crippen LogP contribution in [-0.4, -0.2) is 38.9 Å². The number of likely N-dealkylation sites (tertiary alicyclic amines) is 1. The van der Waals surface area contributed by atoms with Crippen molar-refractivity contribution in [2.24, 2.45) is 0 Å². The number of aromatic nitrogens is 2. The van der Waals surface area contributed by atoms with E-state index in [4.69, 9.17) is 5.73 Å². The molecular formula is C16H20N6O2. The Morgan fingerprint density at radius 2 is 2.12 bits per heavy atom. The predicted molar refractivity (Wildman–Crippen MR) is 91.5 cm³/mol. The van der Waals surface area contributed by atoms with E-state index in [9.17, 15) is 10.1 Å². The normalized spacial score (nSPS) is 18.2. The van der Waals surface area contributed by atoms with E-state index in [2.05, 4.69) is 32.3 Å². The van der Waals surface area contributed by atoms with Gasteiger partial charge in [-0.2, -0.15) is 0 Å². The first kappa shape index (κ1) is 16.1. The number of nitrogen functional groups attached to an aromatic ring is 1. The zero-order chi connectivity index (χ0) is 16.9. The van der Waals surface area contributed by atoms with Gasteiger partial charge in [-0.15, -0.1) is 0 Å². The van der Waals surface area contributed by atoms with Crippen molar-refractivity contribution < 1.29 is 4.92 Å². The third-order valence-electron chi connectivity index (χ3n) is 4.13. The fourth-order valence-electron chi connectivity index (χ4n) is 3.03. The minimum absolute atomic E-state index is 0.0930. The van der Waals surface area contributed by atoms with Crippen LogP contribution < -0.4 is 11.1 Å². The first-order chi connectivity index (χ1) is 11.6. The lowest BCUT2D eigenvalue weighted by Gasteiger charge is -2.33. The van der Waals surface area contributed by atoms with Gasteiger partial charge in [-0.05, 0) is 24.9 Å². The molecule has 0 amide bonds. The summed E-state index contributed by atoms with van der Waals surface area (Å²) < 4.78 is 0. The summed E-state index contributed by atoms with van der Waals surface area (Å²) in [6.07, 6.45) is 3.21. The molecule has 24 heavy (non-hydrogen) atoms. The molecule has 0 saturated carbocycles. The highest BCUT2D eigenvalue weighted by Crippen LogP contribution is 2.28. The molecule has 1 atom stereocenters. The lowest BCUT2D eigenvalue weighted by molar-refractivity contribution is -0.383. The molecule has 1 fully saturated rings. The molecule has 0 aliphatic carbocycles. The van der Waals surface area contributed by atoms with Gasteiger partial charge >= 0.3 is 5.69 Å². The molecule has 1 aromatic carbocycles. The van der Waals surface area contributed by atoms with E-state index >= 15 is 0 Å². The fourth-order valence-corrected chi connectivity index (χ4v) is 3.03. The Balaban J connectivity index is 1.68. The van der Waals surface area contributed by atoms with Gasteiger partial charge in [0.25, 0.3) is 0 Å². The van der Waals surface area contributed by atoms with Crippen LogP contribution in [0.2, 0.25) is 0 Å². The highest BCUT2D eigenvalue weighted by Gasteiger charge is 2.26. The predicted octanol–water partition coefficient (Wildman–Crippen LogP) is 2.04. The molecule has 1 unspecified atom stereocenters. The van der Waals surface area contributed by atoms with Crippen LogP contribution in [0, 0.1) is 10.1 Å². The van der Waals surface area contributed by atoms with Crippen molar-refractivity contribution in [3.05, 3.63) is 52.3 Å². The fraction of sp³-hybridized carbons (Fsp3) is 0.375. The molecular weight excluding hydrogens is 308 g/mol. The van der Waals surface area contributed by atoms with Gasteiger partial charge in [0.05, 0.1) is 4.92 Å². The third-order valence-corrected chi connectivity index (χ3v) is 4.13. The SMILES string of the molecule is Nc1ncnc(NC2CCCN(Cc3ccccc3)C2)c1[N+](=O)[O-]. The summed E-state index contributed by atoms with van der Waals surface area (Å²) >= 11 is 0. The molecule has 8 nitrogen and oxygen atoms in total. The number of piperidine rings is 1. The van der Waals surface area contributed by atoms with Crippen LogP contribution in [0.25, 0.3) is 0 Å². The lowest BCUT2D eigenvalue weighted by Crippen LogP contribution is -2.41. The van der Waals surface area contributed by atoms with Gasteiger partial charge in [0.1, 0.15) is 6.33 Å². The van der Waals surface area contributed by atoms with Crippen molar-refractivity contribution in [1.82, 2.24) is 14.9 Å². The first-order valence-electron chi connectivity index (χ1n) is 7.91. The minimum Gasteiger partial charge on any atom is -0.378 e. The summed E-state index contributed by atoms with van der Waals surface area (Å²) in [7, 11) is 0. The Kier molecular flexibility index (Phi) is 4.85. The Morgan fingerprint density at radius 1 is 1.33 bits per heavy atom. The highest BCUT2D eigenvalue weighted by atomic mass is 16.6. The summed E-state index contributed by atoms with van der Waals surface area (Å²) in [5.41, 5.74) is 6.62. The molecule has 3 N–H and O–H groups in total. The number of hydrogen-bond acceptors (Lipinski definition) is 7. The summed E-state index contributed by atoms with van der Waals surface area (Å²) in [6.45, 7) is 2.68. The van der Waals surface area contributed by atoms with Crippen molar-refractivity contribution in [2.75, 3.05) is 24.1 Å². The molecule has 1 aromatic heterocycles. The largest absolute Gasteiger partial charge is 0.378 e. The van der Waals surface area contributed by atoms with Gasteiger partial charge in [0, 0.05) is 19.1 Å². The Labute approximate surface area is 139 Å². The second kappa shape index (κ2) is 7.22. The van der Waals surface area contributed by atoms with Crippen LogP contribution in [0.3, 0.4) is 0 Å². The van der Waals surface area contributed by atoms with Crippen LogP contribution >= 0.6 is 0 Å². The maximum absolute atomic E-state index is 11.2. The minimum atomic E-state index is -0.539. The maximum atomic E-state index is 11.2. The van der Waals surface area contributed by atoms with Crippen molar-refractivity contribution in [1.29, 1.82) is 0 Å². The third kappa shape index (κ3) is 3.77. The number of rotatable bonds is 5. The first-order valence-corrected chi connectivity index (χ1v) is 7.91. The van der Waals surface area contributed by atoms with Gasteiger partial charge in [-0.25, -0.2) is 9.97 Å². The summed E-state index contributed by atoms with van der Waals surface area (Å²) in [6, 6.07) is 10.4. The van der Waals surface area contributed by atoms with Crippen LogP contribution in [0.15, 0.2) is 36.7 Å². The number of anilines is 2.